The first-order valence-electron chi connectivity index (χ1n) is 5.51. The quantitative estimate of drug-likeness (QED) is 0.926. The van der Waals surface area contributed by atoms with Gasteiger partial charge in [-0.25, -0.2) is 17.5 Å². The molecular weight excluding hydrogens is 271 g/mol. The van der Waals surface area contributed by atoms with E-state index in [-0.39, 0.29) is 10.6 Å². The van der Waals surface area contributed by atoms with Crippen molar-refractivity contribution in [2.45, 2.75) is 17.9 Å². The van der Waals surface area contributed by atoms with Gasteiger partial charge in [0.2, 0.25) is 0 Å². The topological polar surface area (TPSA) is 72.2 Å². The molecular formula is C12H13FN2O3S. The van der Waals surface area contributed by atoms with Crippen LogP contribution in [0, 0.1) is 5.82 Å². The molecule has 0 bridgehead atoms. The summed E-state index contributed by atoms with van der Waals surface area (Å²) in [6.07, 6.45) is 2.70. The molecule has 0 aliphatic carbocycles. The molecule has 2 rings (SSSR count). The number of benzene rings is 1. The molecule has 1 heterocycles. The summed E-state index contributed by atoms with van der Waals surface area (Å²) in [5.74, 6) is -0.582. The van der Waals surface area contributed by atoms with Gasteiger partial charge in [0.25, 0.3) is 0 Å². The minimum Gasteiger partial charge on any atom is -0.389 e. The molecule has 0 spiro atoms. The van der Waals surface area contributed by atoms with Gasteiger partial charge in [-0.2, -0.15) is 5.10 Å². The molecule has 0 saturated heterocycles. The number of nitrogens with zero attached hydrogens (tertiary/aromatic N) is 2. The average molecular weight is 284 g/mol. The highest BCUT2D eigenvalue weighted by Crippen LogP contribution is 2.20. The monoisotopic (exact) mass is 284 g/mol. The SMILES string of the molecule is C[C@@H](O)c1ccc(-n2cc(S(C)(=O)=O)cn2)c(F)c1. The number of sulfone groups is 1. The molecule has 0 radical (unpaired) electrons. The summed E-state index contributed by atoms with van der Waals surface area (Å²) < 4.78 is 37.7. The van der Waals surface area contributed by atoms with Gasteiger partial charge in [0.15, 0.2) is 9.84 Å². The number of halogens is 1. The van der Waals surface area contributed by atoms with Crippen molar-refractivity contribution in [3.8, 4) is 5.69 Å². The van der Waals surface area contributed by atoms with E-state index in [4.69, 9.17) is 0 Å². The molecule has 0 unspecified atom stereocenters. The molecule has 5 nitrogen and oxygen atoms in total. The number of rotatable bonds is 3. The molecule has 0 saturated carbocycles. The van der Waals surface area contributed by atoms with Gasteiger partial charge in [0.1, 0.15) is 16.4 Å². The normalized spacial score (nSPS) is 13.5. The Labute approximate surface area is 110 Å². The molecule has 2 aromatic rings. The second-order valence-corrected chi connectivity index (χ2v) is 6.30. The number of aliphatic hydroxyl groups excluding tert-OH is 1. The fourth-order valence-electron chi connectivity index (χ4n) is 1.60. The van der Waals surface area contributed by atoms with Crippen LogP contribution in [0.4, 0.5) is 4.39 Å². The van der Waals surface area contributed by atoms with Gasteiger partial charge >= 0.3 is 0 Å². The highest BCUT2D eigenvalue weighted by atomic mass is 32.2. The second kappa shape index (κ2) is 4.75. The van der Waals surface area contributed by atoms with E-state index in [1.165, 1.54) is 25.3 Å². The van der Waals surface area contributed by atoms with Gasteiger partial charge in [0, 0.05) is 12.5 Å². The number of aliphatic hydroxyl groups is 1. The van der Waals surface area contributed by atoms with E-state index in [0.29, 0.717) is 5.56 Å². The van der Waals surface area contributed by atoms with Gasteiger partial charge in [0.05, 0.1) is 12.3 Å². The predicted molar refractivity (Wildman–Crippen MR) is 67.3 cm³/mol. The van der Waals surface area contributed by atoms with Gasteiger partial charge in [-0.1, -0.05) is 6.07 Å². The Balaban J connectivity index is 2.45. The summed E-state index contributed by atoms with van der Waals surface area (Å²) >= 11 is 0. The summed E-state index contributed by atoms with van der Waals surface area (Å²) in [4.78, 5) is 0.0199. The minimum absolute atomic E-state index is 0.0199. The van der Waals surface area contributed by atoms with Crippen LogP contribution in [0.25, 0.3) is 5.69 Å². The van der Waals surface area contributed by atoms with Crippen LogP contribution in [0.2, 0.25) is 0 Å². The maximum Gasteiger partial charge on any atom is 0.178 e. The van der Waals surface area contributed by atoms with Gasteiger partial charge < -0.3 is 5.11 Å². The van der Waals surface area contributed by atoms with Crippen LogP contribution in [0.15, 0.2) is 35.5 Å². The number of hydrogen-bond donors (Lipinski definition) is 1. The molecule has 1 aromatic carbocycles. The van der Waals surface area contributed by atoms with Gasteiger partial charge in [-0.15, -0.1) is 0 Å². The van der Waals surface area contributed by atoms with Crippen molar-refractivity contribution in [3.63, 3.8) is 0 Å². The van der Waals surface area contributed by atoms with Crippen molar-refractivity contribution in [1.29, 1.82) is 0 Å². The summed E-state index contributed by atoms with van der Waals surface area (Å²) in [6.45, 7) is 1.53. The summed E-state index contributed by atoms with van der Waals surface area (Å²) in [7, 11) is -3.37. The standard InChI is InChI=1S/C12H13FN2O3S/c1-8(16)9-3-4-12(11(13)5-9)15-7-10(6-14-15)19(2,17)18/h3-8,16H,1-2H3/t8-/m1/s1. The first kappa shape index (κ1) is 13.7. The maximum absolute atomic E-state index is 13.9. The Bertz CT molecular complexity index is 708. The van der Waals surface area contributed by atoms with E-state index >= 15 is 0 Å². The zero-order valence-corrected chi connectivity index (χ0v) is 11.2. The Morgan fingerprint density at radius 2 is 2.11 bits per heavy atom. The zero-order chi connectivity index (χ0) is 14.2. The summed E-state index contributed by atoms with van der Waals surface area (Å²) in [5.41, 5.74) is 0.566. The second-order valence-electron chi connectivity index (χ2n) is 4.28. The molecule has 7 heteroatoms. The third-order valence-corrected chi connectivity index (χ3v) is 3.76. The molecule has 0 amide bonds. The summed E-state index contributed by atoms with van der Waals surface area (Å²) in [6, 6.07) is 4.20. The number of hydrogen-bond acceptors (Lipinski definition) is 4. The van der Waals surface area contributed by atoms with E-state index in [1.807, 2.05) is 0 Å². The minimum atomic E-state index is -3.37. The average Bonchev–Trinajstić information content (AvgIpc) is 2.77. The molecule has 0 fully saturated rings. The van der Waals surface area contributed by atoms with Crippen LogP contribution >= 0.6 is 0 Å². The maximum atomic E-state index is 13.9. The Morgan fingerprint density at radius 3 is 2.58 bits per heavy atom. The fraction of sp³-hybridized carbons (Fsp3) is 0.250. The third kappa shape index (κ3) is 2.82. The summed E-state index contributed by atoms with van der Waals surface area (Å²) in [5, 5.41) is 13.2. The van der Waals surface area contributed by atoms with E-state index in [2.05, 4.69) is 5.10 Å². The lowest BCUT2D eigenvalue weighted by Crippen LogP contribution is -2.01. The van der Waals surface area contributed by atoms with Crippen molar-refractivity contribution in [2.75, 3.05) is 6.26 Å². The lowest BCUT2D eigenvalue weighted by atomic mass is 10.1. The van der Waals surface area contributed by atoms with Crippen molar-refractivity contribution in [1.82, 2.24) is 9.78 Å². The van der Waals surface area contributed by atoms with Crippen LogP contribution in [-0.4, -0.2) is 29.6 Å². The van der Waals surface area contributed by atoms with Crippen molar-refractivity contribution in [3.05, 3.63) is 42.0 Å². The smallest absolute Gasteiger partial charge is 0.178 e. The first-order chi connectivity index (χ1) is 8.79. The molecule has 102 valence electrons. The molecule has 19 heavy (non-hydrogen) atoms. The lowest BCUT2D eigenvalue weighted by molar-refractivity contribution is 0.199. The molecule has 0 aliphatic heterocycles. The van der Waals surface area contributed by atoms with E-state index < -0.39 is 21.8 Å². The van der Waals surface area contributed by atoms with E-state index in [1.54, 1.807) is 6.07 Å². The van der Waals surface area contributed by atoms with Crippen LogP contribution in [0.3, 0.4) is 0 Å². The van der Waals surface area contributed by atoms with Crippen molar-refractivity contribution < 1.29 is 17.9 Å². The lowest BCUT2D eigenvalue weighted by Gasteiger charge is -2.08. The van der Waals surface area contributed by atoms with E-state index in [9.17, 15) is 17.9 Å². The number of aromatic nitrogens is 2. The third-order valence-electron chi connectivity index (χ3n) is 2.69. The van der Waals surface area contributed by atoms with Crippen molar-refractivity contribution >= 4 is 9.84 Å². The molecule has 1 atom stereocenters. The fourth-order valence-corrected chi connectivity index (χ4v) is 2.13. The van der Waals surface area contributed by atoms with Crippen molar-refractivity contribution in [2.24, 2.45) is 0 Å². The van der Waals surface area contributed by atoms with Crippen LogP contribution in [-0.2, 0) is 9.84 Å². The Hall–Kier alpha value is -1.73. The molecule has 1 N–H and O–H groups in total. The highest BCUT2D eigenvalue weighted by molar-refractivity contribution is 7.90. The Kier molecular flexibility index (Phi) is 3.42. The first-order valence-corrected chi connectivity index (χ1v) is 7.41. The van der Waals surface area contributed by atoms with Crippen LogP contribution < -0.4 is 0 Å². The van der Waals surface area contributed by atoms with E-state index in [0.717, 1.165) is 17.1 Å². The highest BCUT2D eigenvalue weighted by Gasteiger charge is 2.13. The van der Waals surface area contributed by atoms with Crippen LogP contribution in [0.1, 0.15) is 18.6 Å². The Morgan fingerprint density at radius 1 is 1.42 bits per heavy atom. The van der Waals surface area contributed by atoms with Gasteiger partial charge in [-0.05, 0) is 24.6 Å². The zero-order valence-electron chi connectivity index (χ0n) is 10.4. The predicted octanol–water partition coefficient (Wildman–Crippen LogP) is 1.47. The largest absolute Gasteiger partial charge is 0.389 e. The van der Waals surface area contributed by atoms with Gasteiger partial charge in [-0.3, -0.25) is 0 Å². The molecule has 0 aliphatic rings. The molecule has 1 aromatic heterocycles. The van der Waals surface area contributed by atoms with Crippen LogP contribution in [0.5, 0.6) is 0 Å².